The Labute approximate surface area is 136 Å². The summed E-state index contributed by atoms with van der Waals surface area (Å²) in [5, 5.41) is 0.490. The number of hydrogen-bond acceptors (Lipinski definition) is 3. The maximum absolute atomic E-state index is 12.4. The van der Waals surface area contributed by atoms with Gasteiger partial charge in [0.25, 0.3) is 0 Å². The average molecular weight is 351 g/mol. The second kappa shape index (κ2) is 6.42. The predicted octanol–water partition coefficient (Wildman–Crippen LogP) is 3.31. The highest BCUT2D eigenvalue weighted by molar-refractivity contribution is 7.89. The lowest BCUT2D eigenvalue weighted by Crippen LogP contribution is -2.30. The van der Waals surface area contributed by atoms with E-state index in [0.717, 1.165) is 25.7 Å². The van der Waals surface area contributed by atoms with Gasteiger partial charge in [0, 0.05) is 23.7 Å². The molecular formula is C14H20Cl2N2O2S. The van der Waals surface area contributed by atoms with Gasteiger partial charge in [-0.25, -0.2) is 13.1 Å². The molecule has 4 nitrogen and oxygen atoms in total. The van der Waals surface area contributed by atoms with Crippen LogP contribution >= 0.6 is 23.2 Å². The third kappa shape index (κ3) is 3.71. The highest BCUT2D eigenvalue weighted by atomic mass is 35.5. The zero-order chi connectivity index (χ0) is 15.7. The molecule has 1 aromatic carbocycles. The maximum Gasteiger partial charge on any atom is 0.242 e. The van der Waals surface area contributed by atoms with Crippen molar-refractivity contribution in [2.75, 3.05) is 6.54 Å². The first kappa shape index (κ1) is 17.0. The number of benzene rings is 1. The van der Waals surface area contributed by atoms with Crippen LogP contribution in [0.15, 0.2) is 17.0 Å². The molecule has 0 heterocycles. The van der Waals surface area contributed by atoms with Crippen LogP contribution in [0.4, 0.5) is 0 Å². The topological polar surface area (TPSA) is 72.2 Å². The van der Waals surface area contributed by atoms with Crippen LogP contribution in [-0.2, 0) is 16.6 Å². The molecule has 1 aliphatic rings. The monoisotopic (exact) mass is 350 g/mol. The van der Waals surface area contributed by atoms with Crippen LogP contribution < -0.4 is 10.5 Å². The van der Waals surface area contributed by atoms with E-state index in [-0.39, 0.29) is 21.9 Å². The largest absolute Gasteiger partial charge is 0.326 e. The number of halogens is 2. The number of nitrogens with two attached hydrogens (primary N) is 1. The van der Waals surface area contributed by atoms with Gasteiger partial charge in [0.05, 0.1) is 5.02 Å². The summed E-state index contributed by atoms with van der Waals surface area (Å²) in [5.41, 5.74) is 6.16. The molecule has 0 radical (unpaired) electrons. The SMILES string of the molecule is CCCC1(CNS(=O)(=O)c2ccc(Cl)c(CN)c2Cl)CC1. The lowest BCUT2D eigenvalue weighted by atomic mass is 10.0. The Morgan fingerprint density at radius 3 is 2.52 bits per heavy atom. The van der Waals surface area contributed by atoms with E-state index in [1.54, 1.807) is 0 Å². The van der Waals surface area contributed by atoms with E-state index in [1.165, 1.54) is 12.1 Å². The zero-order valence-electron chi connectivity index (χ0n) is 12.0. The Hall–Kier alpha value is -0.330. The fourth-order valence-corrected chi connectivity index (χ4v) is 4.61. The minimum atomic E-state index is -3.65. The first-order valence-corrected chi connectivity index (χ1v) is 9.26. The second-order valence-corrected chi connectivity index (χ2v) is 8.14. The Balaban J connectivity index is 2.20. The van der Waals surface area contributed by atoms with E-state index < -0.39 is 10.0 Å². The van der Waals surface area contributed by atoms with Gasteiger partial charge < -0.3 is 5.73 Å². The summed E-state index contributed by atoms with van der Waals surface area (Å²) in [5.74, 6) is 0. The van der Waals surface area contributed by atoms with Gasteiger partial charge in [-0.1, -0.05) is 36.5 Å². The van der Waals surface area contributed by atoms with Crippen molar-refractivity contribution in [1.82, 2.24) is 4.72 Å². The average Bonchev–Trinajstić information content (AvgIpc) is 3.18. The third-order valence-corrected chi connectivity index (χ3v) is 6.36. The smallest absolute Gasteiger partial charge is 0.242 e. The van der Waals surface area contributed by atoms with Crippen molar-refractivity contribution >= 4 is 33.2 Å². The molecule has 118 valence electrons. The number of sulfonamides is 1. The summed E-state index contributed by atoms with van der Waals surface area (Å²) in [4.78, 5) is 0.0429. The fourth-order valence-electron chi connectivity index (χ4n) is 2.52. The summed E-state index contributed by atoms with van der Waals surface area (Å²) < 4.78 is 27.5. The molecule has 0 saturated heterocycles. The lowest BCUT2D eigenvalue weighted by Gasteiger charge is -2.16. The molecule has 0 amide bonds. The van der Waals surface area contributed by atoms with Crippen molar-refractivity contribution < 1.29 is 8.42 Å². The molecule has 1 aromatic rings. The molecule has 1 saturated carbocycles. The van der Waals surface area contributed by atoms with Crippen LogP contribution in [0.2, 0.25) is 10.0 Å². The van der Waals surface area contributed by atoms with Crippen LogP contribution in [0, 0.1) is 5.41 Å². The first-order valence-electron chi connectivity index (χ1n) is 7.02. The van der Waals surface area contributed by atoms with Gasteiger partial charge in [-0.15, -0.1) is 0 Å². The lowest BCUT2D eigenvalue weighted by molar-refractivity contribution is 0.449. The van der Waals surface area contributed by atoms with Gasteiger partial charge in [-0.3, -0.25) is 0 Å². The van der Waals surface area contributed by atoms with E-state index in [9.17, 15) is 8.42 Å². The van der Waals surface area contributed by atoms with Crippen LogP contribution in [0.1, 0.15) is 38.2 Å². The van der Waals surface area contributed by atoms with E-state index in [2.05, 4.69) is 11.6 Å². The third-order valence-electron chi connectivity index (χ3n) is 4.02. The van der Waals surface area contributed by atoms with E-state index >= 15 is 0 Å². The Morgan fingerprint density at radius 1 is 1.33 bits per heavy atom. The van der Waals surface area contributed by atoms with Crippen LogP contribution in [-0.4, -0.2) is 15.0 Å². The zero-order valence-corrected chi connectivity index (χ0v) is 14.3. The molecule has 3 N–H and O–H groups in total. The minimum Gasteiger partial charge on any atom is -0.326 e. The molecule has 0 unspecified atom stereocenters. The van der Waals surface area contributed by atoms with Crippen molar-refractivity contribution in [3.05, 3.63) is 27.7 Å². The standard InChI is InChI=1S/C14H20Cl2N2O2S/c1-2-5-14(6-7-14)9-18-21(19,20)12-4-3-11(15)10(8-17)13(12)16/h3-4,18H,2,5-9,17H2,1H3. The molecule has 7 heteroatoms. The Kier molecular flexibility index (Phi) is 5.21. The highest BCUT2D eigenvalue weighted by Gasteiger charge is 2.42. The molecule has 0 bridgehead atoms. The highest BCUT2D eigenvalue weighted by Crippen LogP contribution is 2.49. The van der Waals surface area contributed by atoms with E-state index in [4.69, 9.17) is 28.9 Å². The molecule has 2 rings (SSSR count). The Morgan fingerprint density at radius 2 is 2.00 bits per heavy atom. The van der Waals surface area contributed by atoms with Gasteiger partial charge in [-0.05, 0) is 36.8 Å². The van der Waals surface area contributed by atoms with Crippen molar-refractivity contribution in [2.45, 2.75) is 44.0 Å². The van der Waals surface area contributed by atoms with Gasteiger partial charge >= 0.3 is 0 Å². The summed E-state index contributed by atoms with van der Waals surface area (Å²) >= 11 is 12.1. The number of rotatable bonds is 7. The van der Waals surface area contributed by atoms with Crippen molar-refractivity contribution in [3.8, 4) is 0 Å². The Bertz CT molecular complexity index is 628. The predicted molar refractivity (Wildman–Crippen MR) is 86.1 cm³/mol. The van der Waals surface area contributed by atoms with Crippen molar-refractivity contribution in [3.63, 3.8) is 0 Å². The summed E-state index contributed by atoms with van der Waals surface area (Å²) in [6, 6.07) is 2.94. The van der Waals surface area contributed by atoms with Crippen LogP contribution in [0.25, 0.3) is 0 Å². The van der Waals surface area contributed by atoms with Gasteiger partial charge in [0.2, 0.25) is 10.0 Å². The molecule has 0 spiro atoms. The number of nitrogens with one attached hydrogen (secondary N) is 1. The quantitative estimate of drug-likeness (QED) is 0.792. The van der Waals surface area contributed by atoms with Crippen molar-refractivity contribution in [2.24, 2.45) is 11.1 Å². The van der Waals surface area contributed by atoms with Crippen molar-refractivity contribution in [1.29, 1.82) is 0 Å². The van der Waals surface area contributed by atoms with Gasteiger partial charge in [0.15, 0.2) is 0 Å². The molecule has 1 aliphatic carbocycles. The molecule has 1 fully saturated rings. The summed E-state index contributed by atoms with van der Waals surface area (Å²) in [6.07, 6.45) is 4.25. The van der Waals surface area contributed by atoms with E-state index in [1.807, 2.05) is 0 Å². The maximum atomic E-state index is 12.4. The van der Waals surface area contributed by atoms with Crippen LogP contribution in [0.3, 0.4) is 0 Å². The molecule has 0 aliphatic heterocycles. The minimum absolute atomic E-state index is 0.0429. The van der Waals surface area contributed by atoms with Crippen LogP contribution in [0.5, 0.6) is 0 Å². The van der Waals surface area contributed by atoms with E-state index in [0.29, 0.717) is 17.1 Å². The normalized spacial score (nSPS) is 17.0. The van der Waals surface area contributed by atoms with Gasteiger partial charge in [0.1, 0.15) is 4.90 Å². The second-order valence-electron chi connectivity index (χ2n) is 5.62. The fraction of sp³-hybridized carbons (Fsp3) is 0.571. The summed E-state index contributed by atoms with van der Waals surface area (Å²) in [7, 11) is -3.65. The molecule has 0 aromatic heterocycles. The molecule has 0 atom stereocenters. The summed E-state index contributed by atoms with van der Waals surface area (Å²) in [6.45, 7) is 2.67. The number of hydrogen-bond donors (Lipinski definition) is 2. The van der Waals surface area contributed by atoms with Gasteiger partial charge in [-0.2, -0.15) is 0 Å². The molecular weight excluding hydrogens is 331 g/mol. The first-order chi connectivity index (χ1) is 9.85. The molecule has 21 heavy (non-hydrogen) atoms.